The fourth-order valence-electron chi connectivity index (χ4n) is 3.39. The fourth-order valence-corrected chi connectivity index (χ4v) is 3.39. The number of pyridine rings is 1. The summed E-state index contributed by atoms with van der Waals surface area (Å²) in [5.41, 5.74) is 0.403. The molecule has 2 aromatic rings. The number of nitrogens with one attached hydrogen (secondary N) is 1. The van der Waals surface area contributed by atoms with E-state index in [0.29, 0.717) is 35.8 Å². The normalized spacial score (nSPS) is 17.4. The van der Waals surface area contributed by atoms with Crippen molar-refractivity contribution in [2.75, 3.05) is 38.8 Å². The molecule has 1 amide bonds. The Morgan fingerprint density at radius 3 is 2.64 bits per heavy atom. The largest absolute Gasteiger partial charge is 0.481 e. The van der Waals surface area contributed by atoms with Crippen LogP contribution in [0.2, 0.25) is 0 Å². The second-order valence-electron chi connectivity index (χ2n) is 7.26. The lowest BCUT2D eigenvalue weighted by atomic mass is 9.97. The summed E-state index contributed by atoms with van der Waals surface area (Å²) in [6.45, 7) is 2.33. The molecule has 28 heavy (non-hydrogen) atoms. The van der Waals surface area contributed by atoms with Crippen LogP contribution in [0.4, 0.5) is 5.95 Å². The molecule has 2 fully saturated rings. The van der Waals surface area contributed by atoms with Gasteiger partial charge in [-0.25, -0.2) is 0 Å². The molecule has 9 nitrogen and oxygen atoms in total. The number of ether oxygens (including phenoxy) is 2. The van der Waals surface area contributed by atoms with Gasteiger partial charge in [0.05, 0.1) is 14.2 Å². The SMILES string of the molecule is COc1ccc(C(=O)NCC2CCN(c3noc(C4CC4)n3)CC2)c(OC)n1. The third-order valence-electron chi connectivity index (χ3n) is 5.29. The van der Waals surface area contributed by atoms with Crippen molar-refractivity contribution >= 4 is 11.9 Å². The Balaban J connectivity index is 1.27. The van der Waals surface area contributed by atoms with Crippen LogP contribution in [-0.2, 0) is 0 Å². The number of amides is 1. The first-order valence-electron chi connectivity index (χ1n) is 9.63. The molecule has 3 heterocycles. The van der Waals surface area contributed by atoms with Crippen LogP contribution < -0.4 is 19.7 Å². The summed E-state index contributed by atoms with van der Waals surface area (Å²) in [4.78, 5) is 23.3. The van der Waals surface area contributed by atoms with Crippen molar-refractivity contribution in [3.05, 3.63) is 23.6 Å². The van der Waals surface area contributed by atoms with Crippen molar-refractivity contribution in [2.24, 2.45) is 5.92 Å². The molecule has 0 atom stereocenters. The third kappa shape index (κ3) is 4.02. The van der Waals surface area contributed by atoms with Gasteiger partial charge in [-0.3, -0.25) is 4.79 Å². The first kappa shape index (κ1) is 18.5. The van der Waals surface area contributed by atoms with E-state index in [2.05, 4.69) is 25.3 Å². The molecule has 9 heteroatoms. The van der Waals surface area contributed by atoms with E-state index in [-0.39, 0.29) is 11.8 Å². The molecule has 150 valence electrons. The molecule has 2 aliphatic rings. The van der Waals surface area contributed by atoms with Crippen LogP contribution in [0.3, 0.4) is 0 Å². The monoisotopic (exact) mass is 387 g/mol. The number of aromatic nitrogens is 3. The molecular formula is C19H25N5O4. The van der Waals surface area contributed by atoms with Crippen molar-refractivity contribution in [1.29, 1.82) is 0 Å². The van der Waals surface area contributed by atoms with Gasteiger partial charge in [0.2, 0.25) is 17.7 Å². The van der Waals surface area contributed by atoms with Crippen molar-refractivity contribution in [3.63, 3.8) is 0 Å². The van der Waals surface area contributed by atoms with E-state index in [0.717, 1.165) is 44.7 Å². The Hall–Kier alpha value is -2.84. The van der Waals surface area contributed by atoms with Gasteiger partial charge < -0.3 is 24.2 Å². The Bertz CT molecular complexity index is 827. The van der Waals surface area contributed by atoms with Crippen LogP contribution >= 0.6 is 0 Å². The van der Waals surface area contributed by atoms with Gasteiger partial charge in [0.1, 0.15) is 5.56 Å². The van der Waals surface area contributed by atoms with Gasteiger partial charge >= 0.3 is 0 Å². The highest BCUT2D eigenvalue weighted by atomic mass is 16.5. The van der Waals surface area contributed by atoms with Crippen LogP contribution in [0.25, 0.3) is 0 Å². The Kier molecular flexibility index (Phi) is 5.31. The van der Waals surface area contributed by atoms with Crippen molar-refractivity contribution in [2.45, 2.75) is 31.6 Å². The van der Waals surface area contributed by atoms with E-state index < -0.39 is 0 Å². The number of rotatable bonds is 7. The number of nitrogens with zero attached hydrogens (tertiary/aromatic N) is 4. The van der Waals surface area contributed by atoms with Crippen LogP contribution in [0.1, 0.15) is 47.8 Å². The average molecular weight is 387 g/mol. The standard InChI is InChI=1S/C19H25N5O4/c1-26-15-6-5-14(18(21-15)27-2)16(25)20-11-12-7-9-24(10-8-12)19-22-17(28-23-19)13-3-4-13/h5-6,12-13H,3-4,7-11H2,1-2H3,(H,20,25). The van der Waals surface area contributed by atoms with Crippen molar-refractivity contribution in [3.8, 4) is 11.8 Å². The van der Waals surface area contributed by atoms with E-state index in [4.69, 9.17) is 14.0 Å². The van der Waals surface area contributed by atoms with E-state index in [1.165, 1.54) is 14.2 Å². The maximum Gasteiger partial charge on any atom is 0.266 e. The maximum atomic E-state index is 12.5. The number of piperidine rings is 1. The van der Waals surface area contributed by atoms with Gasteiger partial charge in [-0.05, 0) is 42.8 Å². The molecule has 4 rings (SSSR count). The highest BCUT2D eigenvalue weighted by molar-refractivity contribution is 5.96. The number of hydrogen-bond donors (Lipinski definition) is 1. The summed E-state index contributed by atoms with van der Waals surface area (Å²) in [5.74, 6) is 2.82. The first-order valence-corrected chi connectivity index (χ1v) is 9.63. The summed E-state index contributed by atoms with van der Waals surface area (Å²) in [6, 6.07) is 3.31. The van der Waals surface area contributed by atoms with Crippen LogP contribution in [0.5, 0.6) is 11.8 Å². The minimum atomic E-state index is -0.193. The van der Waals surface area contributed by atoms with E-state index in [1.807, 2.05) is 0 Å². The van der Waals surface area contributed by atoms with Gasteiger partial charge in [0.25, 0.3) is 11.9 Å². The Morgan fingerprint density at radius 1 is 1.18 bits per heavy atom. The number of methoxy groups -OCH3 is 2. The van der Waals surface area contributed by atoms with Crippen LogP contribution in [0.15, 0.2) is 16.7 Å². The summed E-state index contributed by atoms with van der Waals surface area (Å²) in [5, 5.41) is 7.11. The third-order valence-corrected chi connectivity index (χ3v) is 5.29. The number of hydrogen-bond acceptors (Lipinski definition) is 8. The van der Waals surface area contributed by atoms with Gasteiger partial charge in [-0.15, -0.1) is 0 Å². The first-order chi connectivity index (χ1) is 13.7. The summed E-state index contributed by atoms with van der Waals surface area (Å²) < 4.78 is 15.6. The van der Waals surface area contributed by atoms with E-state index >= 15 is 0 Å². The van der Waals surface area contributed by atoms with Crippen LogP contribution in [-0.4, -0.2) is 54.9 Å². The molecule has 1 saturated carbocycles. The molecule has 0 unspecified atom stereocenters. The lowest BCUT2D eigenvalue weighted by molar-refractivity contribution is 0.0941. The van der Waals surface area contributed by atoms with Crippen molar-refractivity contribution < 1.29 is 18.8 Å². The minimum absolute atomic E-state index is 0.193. The van der Waals surface area contributed by atoms with E-state index in [1.54, 1.807) is 12.1 Å². The number of anilines is 1. The zero-order valence-corrected chi connectivity index (χ0v) is 16.2. The lowest BCUT2D eigenvalue weighted by Crippen LogP contribution is -2.39. The van der Waals surface area contributed by atoms with Gasteiger partial charge in [0, 0.05) is 31.6 Å². The van der Waals surface area contributed by atoms with E-state index in [9.17, 15) is 4.79 Å². The molecule has 1 N–H and O–H groups in total. The molecule has 0 aromatic carbocycles. The minimum Gasteiger partial charge on any atom is -0.481 e. The molecular weight excluding hydrogens is 362 g/mol. The molecule has 0 radical (unpaired) electrons. The molecule has 1 aliphatic carbocycles. The highest BCUT2D eigenvalue weighted by Crippen LogP contribution is 2.39. The number of carbonyl (C=O) groups is 1. The van der Waals surface area contributed by atoms with Crippen molar-refractivity contribution in [1.82, 2.24) is 20.4 Å². The predicted molar refractivity (Wildman–Crippen MR) is 101 cm³/mol. The molecule has 0 spiro atoms. The Morgan fingerprint density at radius 2 is 1.96 bits per heavy atom. The highest BCUT2D eigenvalue weighted by Gasteiger charge is 2.31. The quantitative estimate of drug-likeness (QED) is 0.770. The maximum absolute atomic E-state index is 12.5. The Labute approximate surface area is 163 Å². The summed E-state index contributed by atoms with van der Waals surface area (Å²) in [6.07, 6.45) is 4.23. The molecule has 0 bridgehead atoms. The summed E-state index contributed by atoms with van der Waals surface area (Å²) in [7, 11) is 3.01. The average Bonchev–Trinajstić information content (AvgIpc) is 3.48. The molecule has 1 saturated heterocycles. The van der Waals surface area contributed by atoms with Gasteiger partial charge in [0.15, 0.2) is 0 Å². The van der Waals surface area contributed by atoms with Gasteiger partial charge in [-0.2, -0.15) is 9.97 Å². The molecule has 2 aromatic heterocycles. The van der Waals surface area contributed by atoms with Gasteiger partial charge in [-0.1, -0.05) is 0 Å². The number of carbonyl (C=O) groups excluding carboxylic acids is 1. The topological polar surface area (TPSA) is 103 Å². The zero-order valence-electron chi connectivity index (χ0n) is 16.2. The second kappa shape index (κ2) is 8.04. The fraction of sp³-hybridized carbons (Fsp3) is 0.579. The second-order valence-corrected chi connectivity index (χ2v) is 7.26. The van der Waals surface area contributed by atoms with Crippen LogP contribution in [0, 0.1) is 5.92 Å². The lowest BCUT2D eigenvalue weighted by Gasteiger charge is -2.30. The molecule has 1 aliphatic heterocycles. The summed E-state index contributed by atoms with van der Waals surface area (Å²) >= 11 is 0. The predicted octanol–water partition coefficient (Wildman–Crippen LogP) is 2.01. The smallest absolute Gasteiger partial charge is 0.266 e. The zero-order chi connectivity index (χ0) is 19.5.